The van der Waals surface area contributed by atoms with Crippen molar-refractivity contribution in [1.82, 2.24) is 4.90 Å². The molecule has 0 N–H and O–H groups in total. The first kappa shape index (κ1) is 21.9. The van der Waals surface area contributed by atoms with Gasteiger partial charge in [0.15, 0.2) is 0 Å². The molecule has 1 atom stereocenters. The van der Waals surface area contributed by atoms with Crippen LogP contribution in [-0.4, -0.2) is 36.2 Å². The second kappa shape index (κ2) is 10.8. The quantitative estimate of drug-likeness (QED) is 0.369. The van der Waals surface area contributed by atoms with Crippen molar-refractivity contribution >= 4 is 19.6 Å². The van der Waals surface area contributed by atoms with Gasteiger partial charge in [-0.05, 0) is 31.9 Å². The third-order valence-electron chi connectivity index (χ3n) is 4.67. The molecule has 1 aliphatic rings. The van der Waals surface area contributed by atoms with Crippen LogP contribution in [0.2, 0.25) is 0 Å². The van der Waals surface area contributed by atoms with Crippen LogP contribution in [0.15, 0.2) is 36.0 Å². The molecule has 0 spiro atoms. The lowest BCUT2D eigenvalue weighted by Gasteiger charge is -2.22. The van der Waals surface area contributed by atoms with Gasteiger partial charge in [0.05, 0.1) is 13.2 Å². The predicted molar refractivity (Wildman–Crippen MR) is 110 cm³/mol. The fourth-order valence-corrected chi connectivity index (χ4v) is 5.34. The Kier molecular flexibility index (Phi) is 8.75. The van der Waals surface area contributed by atoms with Gasteiger partial charge in [0.1, 0.15) is 5.66 Å². The smallest absolute Gasteiger partial charge is 0.315 e. The first-order valence-corrected chi connectivity index (χ1v) is 11.6. The van der Waals surface area contributed by atoms with Crippen molar-refractivity contribution < 1.29 is 18.4 Å². The van der Waals surface area contributed by atoms with Crippen LogP contribution in [0.5, 0.6) is 0 Å². The summed E-state index contributed by atoms with van der Waals surface area (Å²) in [6.07, 6.45) is 6.72. The van der Waals surface area contributed by atoms with Gasteiger partial charge >= 0.3 is 7.60 Å². The molecule has 27 heavy (non-hydrogen) atoms. The Balaban J connectivity index is 2.28. The Morgan fingerprint density at radius 1 is 1.07 bits per heavy atom. The number of nitrogens with zero attached hydrogens (tertiary/aromatic N) is 1. The minimum atomic E-state index is -3.48. The molecule has 1 heterocycles. The van der Waals surface area contributed by atoms with Crippen LogP contribution in [0, 0.1) is 0 Å². The highest BCUT2D eigenvalue weighted by molar-refractivity contribution is 7.55. The Hall–Kier alpha value is -1.42. The van der Waals surface area contributed by atoms with Gasteiger partial charge in [0.2, 0.25) is 5.91 Å². The van der Waals surface area contributed by atoms with E-state index in [1.165, 1.54) is 0 Å². The summed E-state index contributed by atoms with van der Waals surface area (Å²) in [5.41, 5.74) is 1.17. The summed E-state index contributed by atoms with van der Waals surface area (Å²) < 4.78 is 24.2. The van der Waals surface area contributed by atoms with E-state index in [0.717, 1.165) is 36.9 Å². The molecular weight excluding hydrogens is 361 g/mol. The van der Waals surface area contributed by atoms with Crippen LogP contribution >= 0.6 is 7.60 Å². The molecule has 1 aliphatic heterocycles. The monoisotopic (exact) mass is 393 g/mol. The SMILES string of the molecule is CCCCCCN1C(=O)C(P(=O)(OCC)OCC)C/C1=C\c1ccccc1. The Bertz CT molecular complexity index is 664. The Morgan fingerprint density at radius 2 is 1.74 bits per heavy atom. The first-order chi connectivity index (χ1) is 13.1. The molecule has 0 saturated carbocycles. The van der Waals surface area contributed by atoms with Crippen LogP contribution in [0.3, 0.4) is 0 Å². The highest BCUT2D eigenvalue weighted by Crippen LogP contribution is 2.57. The van der Waals surface area contributed by atoms with Crippen molar-refractivity contribution in [3.8, 4) is 0 Å². The average Bonchev–Trinajstić information content (AvgIpc) is 2.96. The molecule has 1 aromatic rings. The molecule has 150 valence electrons. The lowest BCUT2D eigenvalue weighted by molar-refractivity contribution is -0.126. The summed E-state index contributed by atoms with van der Waals surface area (Å²) in [6.45, 7) is 6.87. The minimum Gasteiger partial charge on any atom is -0.315 e. The number of rotatable bonds is 11. The van der Waals surface area contributed by atoms with E-state index in [1.54, 1.807) is 18.7 Å². The minimum absolute atomic E-state index is 0.140. The van der Waals surface area contributed by atoms with Gasteiger partial charge in [-0.15, -0.1) is 0 Å². The number of carbonyl (C=O) groups excluding carboxylic acids is 1. The van der Waals surface area contributed by atoms with Crippen molar-refractivity contribution in [1.29, 1.82) is 0 Å². The van der Waals surface area contributed by atoms with E-state index in [2.05, 4.69) is 6.92 Å². The van der Waals surface area contributed by atoms with Crippen molar-refractivity contribution in [2.24, 2.45) is 0 Å². The van der Waals surface area contributed by atoms with Crippen LogP contribution in [0.4, 0.5) is 0 Å². The topological polar surface area (TPSA) is 55.8 Å². The van der Waals surface area contributed by atoms with Crippen molar-refractivity contribution in [3.63, 3.8) is 0 Å². The number of allylic oxidation sites excluding steroid dienone is 1. The molecule has 1 aromatic carbocycles. The number of hydrogen-bond acceptors (Lipinski definition) is 4. The fourth-order valence-electron chi connectivity index (χ4n) is 3.37. The fraction of sp³-hybridized carbons (Fsp3) is 0.571. The summed E-state index contributed by atoms with van der Waals surface area (Å²) in [5, 5.41) is 0. The molecule has 2 rings (SSSR count). The average molecular weight is 393 g/mol. The number of likely N-dealkylation sites (tertiary alicyclic amines) is 1. The lowest BCUT2D eigenvalue weighted by atomic mass is 10.1. The van der Waals surface area contributed by atoms with Gasteiger partial charge in [0.25, 0.3) is 0 Å². The molecule has 1 fully saturated rings. The largest absolute Gasteiger partial charge is 0.343 e. The third-order valence-corrected chi connectivity index (χ3v) is 7.07. The molecule has 6 heteroatoms. The van der Waals surface area contributed by atoms with E-state index in [9.17, 15) is 9.36 Å². The van der Waals surface area contributed by atoms with E-state index in [1.807, 2.05) is 36.4 Å². The van der Waals surface area contributed by atoms with Crippen molar-refractivity contribution in [3.05, 3.63) is 41.6 Å². The molecule has 5 nitrogen and oxygen atoms in total. The van der Waals surface area contributed by atoms with Crippen LogP contribution in [0.1, 0.15) is 58.4 Å². The predicted octanol–water partition coefficient (Wildman–Crippen LogP) is 5.47. The molecule has 0 radical (unpaired) electrons. The second-order valence-corrected chi connectivity index (χ2v) is 8.91. The maximum Gasteiger partial charge on any atom is 0.343 e. The highest BCUT2D eigenvalue weighted by atomic mass is 31.2. The van der Waals surface area contributed by atoms with Gasteiger partial charge < -0.3 is 13.9 Å². The zero-order valence-corrected chi connectivity index (χ0v) is 17.6. The zero-order valence-electron chi connectivity index (χ0n) is 16.7. The summed E-state index contributed by atoms with van der Waals surface area (Å²) >= 11 is 0. The van der Waals surface area contributed by atoms with E-state index < -0.39 is 13.3 Å². The standard InChI is InChI=1S/C21H32NO4P/c1-4-7-8-12-15-22-19(16-18-13-10-9-11-14-18)17-20(21(22)23)27(24,25-5-2)26-6-3/h9-11,13-14,16,20H,4-8,12,15,17H2,1-3H3/b19-16+. The van der Waals surface area contributed by atoms with Gasteiger partial charge in [-0.1, -0.05) is 56.5 Å². The number of unbranched alkanes of at least 4 members (excludes halogenated alkanes) is 3. The summed E-state index contributed by atoms with van der Waals surface area (Å²) in [6, 6.07) is 9.91. The third kappa shape index (κ3) is 5.78. The number of benzene rings is 1. The summed E-state index contributed by atoms with van der Waals surface area (Å²) in [7, 11) is -3.48. The van der Waals surface area contributed by atoms with Gasteiger partial charge in [-0.2, -0.15) is 0 Å². The molecule has 1 unspecified atom stereocenters. The maximum atomic E-state index is 13.2. The summed E-state index contributed by atoms with van der Waals surface area (Å²) in [5.74, 6) is -0.140. The molecule has 0 aliphatic carbocycles. The normalized spacial score (nSPS) is 19.2. The highest BCUT2D eigenvalue weighted by Gasteiger charge is 2.48. The van der Waals surface area contributed by atoms with E-state index in [4.69, 9.17) is 9.05 Å². The molecular formula is C21H32NO4P. The molecule has 1 amide bonds. The zero-order chi connectivity index (χ0) is 19.7. The van der Waals surface area contributed by atoms with Crippen LogP contribution in [-0.2, 0) is 18.4 Å². The van der Waals surface area contributed by atoms with Crippen LogP contribution in [0.25, 0.3) is 6.08 Å². The maximum absolute atomic E-state index is 13.2. The summed E-state index contributed by atoms with van der Waals surface area (Å²) in [4.78, 5) is 14.9. The first-order valence-electron chi connectivity index (χ1n) is 10.0. The van der Waals surface area contributed by atoms with E-state index in [0.29, 0.717) is 13.0 Å². The van der Waals surface area contributed by atoms with E-state index >= 15 is 0 Å². The van der Waals surface area contributed by atoms with Crippen molar-refractivity contribution in [2.45, 2.75) is 58.5 Å². The van der Waals surface area contributed by atoms with Crippen molar-refractivity contribution in [2.75, 3.05) is 19.8 Å². The lowest BCUT2D eigenvalue weighted by Crippen LogP contribution is -2.30. The number of amides is 1. The molecule has 0 bridgehead atoms. The van der Waals surface area contributed by atoms with Crippen LogP contribution < -0.4 is 0 Å². The second-order valence-electron chi connectivity index (χ2n) is 6.69. The van der Waals surface area contributed by atoms with Gasteiger partial charge in [-0.25, -0.2) is 0 Å². The molecule has 0 aromatic heterocycles. The Morgan fingerprint density at radius 3 is 2.33 bits per heavy atom. The Labute approximate surface area is 163 Å². The van der Waals surface area contributed by atoms with E-state index in [-0.39, 0.29) is 19.1 Å². The van der Waals surface area contributed by atoms with Gasteiger partial charge in [-0.3, -0.25) is 9.36 Å². The number of hydrogen-bond donors (Lipinski definition) is 0. The van der Waals surface area contributed by atoms with Gasteiger partial charge in [0, 0.05) is 18.7 Å². The molecule has 1 saturated heterocycles. The number of carbonyl (C=O) groups is 1.